The summed E-state index contributed by atoms with van der Waals surface area (Å²) < 4.78 is 0. The van der Waals surface area contributed by atoms with Crippen molar-refractivity contribution in [1.29, 1.82) is 0 Å². The molecule has 2 aliphatic heterocycles. The number of nitrogens with zero attached hydrogens (tertiary/aromatic N) is 3. The number of hydrogen-bond donors (Lipinski definition) is 0. The molecule has 2 atom stereocenters. The first-order chi connectivity index (χ1) is 12.0. The molecule has 1 fully saturated rings. The summed E-state index contributed by atoms with van der Waals surface area (Å²) in [4.78, 5) is 44.0. The second-order valence-corrected chi connectivity index (χ2v) is 6.98. The second kappa shape index (κ2) is 6.96. The minimum absolute atomic E-state index is 0.0885. The number of hydrogen-bond acceptors (Lipinski definition) is 4. The lowest BCUT2D eigenvalue weighted by Gasteiger charge is -2.38. The van der Waals surface area contributed by atoms with Crippen LogP contribution in [0.15, 0.2) is 24.3 Å². The highest BCUT2D eigenvalue weighted by atomic mass is 16.2. The zero-order valence-electron chi connectivity index (χ0n) is 15.1. The number of benzene rings is 1. The molecule has 2 heterocycles. The van der Waals surface area contributed by atoms with E-state index in [0.29, 0.717) is 24.2 Å². The van der Waals surface area contributed by atoms with Gasteiger partial charge in [0.25, 0.3) is 11.8 Å². The number of fused-ring (bicyclic) bond motifs is 1. The number of piperazine rings is 1. The maximum atomic E-state index is 13.2. The highest BCUT2D eigenvalue weighted by Crippen LogP contribution is 2.29. The minimum atomic E-state index is -0.735. The Morgan fingerprint density at radius 2 is 1.56 bits per heavy atom. The van der Waals surface area contributed by atoms with E-state index in [9.17, 15) is 14.4 Å². The summed E-state index contributed by atoms with van der Waals surface area (Å²) in [6, 6.07) is 6.07. The molecule has 25 heavy (non-hydrogen) atoms. The van der Waals surface area contributed by atoms with Crippen LogP contribution in [0.4, 0.5) is 0 Å². The predicted molar refractivity (Wildman–Crippen MR) is 94.3 cm³/mol. The minimum Gasteiger partial charge on any atom is -0.338 e. The number of rotatable bonds is 4. The Morgan fingerprint density at radius 1 is 1.04 bits per heavy atom. The number of carbonyl (C=O) groups is 3. The van der Waals surface area contributed by atoms with Crippen LogP contribution in [0.25, 0.3) is 0 Å². The highest BCUT2D eigenvalue weighted by Gasteiger charge is 2.45. The van der Waals surface area contributed by atoms with Crippen molar-refractivity contribution < 1.29 is 14.4 Å². The first kappa shape index (κ1) is 17.6. The number of likely N-dealkylation sites (N-methyl/N-ethyl adjacent to an activating group) is 1. The lowest BCUT2D eigenvalue weighted by atomic mass is 9.95. The molecule has 2 aliphatic rings. The average Bonchev–Trinajstić information content (AvgIpc) is 2.88. The molecule has 1 aromatic carbocycles. The molecule has 0 saturated carbocycles. The molecule has 3 amide bonds. The van der Waals surface area contributed by atoms with Gasteiger partial charge in [-0.15, -0.1) is 0 Å². The van der Waals surface area contributed by atoms with E-state index in [1.165, 1.54) is 4.90 Å². The molecule has 0 spiro atoms. The highest BCUT2D eigenvalue weighted by molar-refractivity contribution is 6.22. The summed E-state index contributed by atoms with van der Waals surface area (Å²) >= 11 is 0. The summed E-state index contributed by atoms with van der Waals surface area (Å²) in [7, 11) is 2.03. The van der Waals surface area contributed by atoms with E-state index < -0.39 is 6.04 Å². The van der Waals surface area contributed by atoms with Crippen molar-refractivity contribution in [1.82, 2.24) is 14.7 Å². The van der Waals surface area contributed by atoms with Gasteiger partial charge in [-0.2, -0.15) is 0 Å². The molecular weight excluding hydrogens is 318 g/mol. The first-order valence-corrected chi connectivity index (χ1v) is 8.90. The van der Waals surface area contributed by atoms with E-state index in [0.717, 1.165) is 19.5 Å². The van der Waals surface area contributed by atoms with Gasteiger partial charge in [0.15, 0.2) is 0 Å². The Hall–Kier alpha value is -2.21. The lowest BCUT2D eigenvalue weighted by Crippen LogP contribution is -2.57. The fourth-order valence-electron chi connectivity index (χ4n) is 3.51. The third kappa shape index (κ3) is 3.06. The summed E-state index contributed by atoms with van der Waals surface area (Å²) in [6.07, 6.45) is 0.720. The molecule has 1 aromatic rings. The maximum Gasteiger partial charge on any atom is 0.262 e. The van der Waals surface area contributed by atoms with Gasteiger partial charge < -0.3 is 9.80 Å². The zero-order valence-corrected chi connectivity index (χ0v) is 15.1. The maximum absolute atomic E-state index is 13.2. The molecule has 0 aliphatic carbocycles. The van der Waals surface area contributed by atoms with Crippen molar-refractivity contribution in [2.45, 2.75) is 26.3 Å². The molecule has 6 heteroatoms. The summed E-state index contributed by atoms with van der Waals surface area (Å²) in [5.41, 5.74) is 0.791. The normalized spacial score (nSPS) is 20.6. The SMILES string of the molecule is CCC(C)C(C(=O)N1CCN(C)CC1)N1C(=O)c2ccccc2C1=O. The topological polar surface area (TPSA) is 60.9 Å². The Kier molecular flexibility index (Phi) is 4.90. The van der Waals surface area contributed by atoms with Crippen LogP contribution in [0.2, 0.25) is 0 Å². The average molecular weight is 343 g/mol. The Morgan fingerprint density at radius 3 is 2.04 bits per heavy atom. The molecule has 134 valence electrons. The Balaban J connectivity index is 1.91. The van der Waals surface area contributed by atoms with Gasteiger partial charge in [-0.25, -0.2) is 0 Å². The van der Waals surface area contributed by atoms with Crippen molar-refractivity contribution in [3.8, 4) is 0 Å². The van der Waals surface area contributed by atoms with Gasteiger partial charge in [-0.1, -0.05) is 32.4 Å². The van der Waals surface area contributed by atoms with Crippen LogP contribution in [0.1, 0.15) is 41.0 Å². The van der Waals surface area contributed by atoms with Crippen LogP contribution in [0.3, 0.4) is 0 Å². The van der Waals surface area contributed by atoms with Gasteiger partial charge >= 0.3 is 0 Å². The first-order valence-electron chi connectivity index (χ1n) is 8.90. The van der Waals surface area contributed by atoms with E-state index in [4.69, 9.17) is 0 Å². The van der Waals surface area contributed by atoms with Crippen LogP contribution >= 0.6 is 0 Å². The van der Waals surface area contributed by atoms with Gasteiger partial charge in [0.05, 0.1) is 11.1 Å². The van der Waals surface area contributed by atoms with Crippen LogP contribution < -0.4 is 0 Å². The van der Waals surface area contributed by atoms with E-state index in [1.807, 2.05) is 20.9 Å². The van der Waals surface area contributed by atoms with Crippen LogP contribution in [-0.4, -0.2) is 71.7 Å². The predicted octanol–water partition coefficient (Wildman–Crippen LogP) is 1.47. The van der Waals surface area contributed by atoms with Crippen molar-refractivity contribution in [2.75, 3.05) is 33.2 Å². The molecule has 3 rings (SSSR count). The standard InChI is InChI=1S/C19H25N3O3/c1-4-13(2)16(19(25)21-11-9-20(3)10-12-21)22-17(23)14-7-5-6-8-15(14)18(22)24/h5-8,13,16H,4,9-12H2,1-3H3. The molecule has 0 N–H and O–H groups in total. The summed E-state index contributed by atoms with van der Waals surface area (Å²) in [6.45, 7) is 6.79. The molecule has 0 aromatic heterocycles. The number of imide groups is 1. The summed E-state index contributed by atoms with van der Waals surface area (Å²) in [5, 5.41) is 0. The molecule has 0 radical (unpaired) electrons. The largest absolute Gasteiger partial charge is 0.338 e. The fraction of sp³-hybridized carbons (Fsp3) is 0.526. The molecule has 0 bridgehead atoms. The van der Waals surface area contributed by atoms with Crippen molar-refractivity contribution in [3.05, 3.63) is 35.4 Å². The molecule has 2 unspecified atom stereocenters. The van der Waals surface area contributed by atoms with Crippen LogP contribution in [0, 0.1) is 5.92 Å². The Labute approximate surface area is 148 Å². The smallest absolute Gasteiger partial charge is 0.262 e. The molecule has 6 nitrogen and oxygen atoms in total. The Bertz CT molecular complexity index is 660. The van der Waals surface area contributed by atoms with Crippen molar-refractivity contribution in [2.24, 2.45) is 5.92 Å². The third-order valence-electron chi connectivity index (χ3n) is 5.35. The van der Waals surface area contributed by atoms with Crippen LogP contribution in [-0.2, 0) is 4.79 Å². The van der Waals surface area contributed by atoms with Gasteiger partial charge in [-0.3, -0.25) is 19.3 Å². The van der Waals surface area contributed by atoms with Gasteiger partial charge in [0.2, 0.25) is 5.91 Å². The molecule has 1 saturated heterocycles. The zero-order chi connectivity index (χ0) is 18.1. The number of amides is 3. The molecular formula is C19H25N3O3. The fourth-order valence-corrected chi connectivity index (χ4v) is 3.51. The third-order valence-corrected chi connectivity index (χ3v) is 5.35. The summed E-state index contributed by atoms with van der Waals surface area (Å²) in [5.74, 6) is -0.909. The van der Waals surface area contributed by atoms with E-state index in [1.54, 1.807) is 29.2 Å². The number of carbonyl (C=O) groups excluding carboxylic acids is 3. The second-order valence-electron chi connectivity index (χ2n) is 6.98. The van der Waals surface area contributed by atoms with E-state index in [-0.39, 0.29) is 23.6 Å². The van der Waals surface area contributed by atoms with Gasteiger partial charge in [-0.05, 0) is 25.1 Å². The van der Waals surface area contributed by atoms with Gasteiger partial charge in [0, 0.05) is 26.2 Å². The van der Waals surface area contributed by atoms with Crippen molar-refractivity contribution >= 4 is 17.7 Å². The van der Waals surface area contributed by atoms with E-state index in [2.05, 4.69) is 4.90 Å². The lowest BCUT2D eigenvalue weighted by molar-refractivity contribution is -0.138. The van der Waals surface area contributed by atoms with Crippen LogP contribution in [0.5, 0.6) is 0 Å². The van der Waals surface area contributed by atoms with Gasteiger partial charge in [0.1, 0.15) is 6.04 Å². The van der Waals surface area contributed by atoms with E-state index >= 15 is 0 Å². The van der Waals surface area contributed by atoms with Crippen molar-refractivity contribution in [3.63, 3.8) is 0 Å². The quantitative estimate of drug-likeness (QED) is 0.777. The monoisotopic (exact) mass is 343 g/mol.